The van der Waals surface area contributed by atoms with Crippen LogP contribution in [0.4, 0.5) is 11.4 Å². The van der Waals surface area contributed by atoms with Gasteiger partial charge in [-0.25, -0.2) is 0 Å². The second kappa shape index (κ2) is 9.67. The van der Waals surface area contributed by atoms with E-state index < -0.39 is 10.8 Å². The molecule has 1 aliphatic heterocycles. The fourth-order valence-electron chi connectivity index (χ4n) is 5.07. The molecule has 0 saturated carbocycles. The Morgan fingerprint density at radius 1 is 1.08 bits per heavy atom. The molecule has 0 amide bonds. The molecule has 0 fully saturated rings. The van der Waals surface area contributed by atoms with Gasteiger partial charge in [0.05, 0.1) is 4.92 Å². The molecule has 7 nitrogen and oxygen atoms in total. The van der Waals surface area contributed by atoms with E-state index in [-0.39, 0.29) is 28.6 Å². The number of anilines is 1. The number of ketones is 1. The van der Waals surface area contributed by atoms with Gasteiger partial charge in [-0.1, -0.05) is 60.1 Å². The summed E-state index contributed by atoms with van der Waals surface area (Å²) in [7, 11) is 0. The molecular formula is C29H24ClN3O4. The fraction of sp³-hybridized carbons (Fsp3) is 0.172. The largest absolute Gasteiger partial charge is 0.507 e. The molecule has 2 N–H and O–H groups in total. The number of hydrogen-bond acceptors (Lipinski definition) is 5. The van der Waals surface area contributed by atoms with Crippen LogP contribution in [0.5, 0.6) is 0 Å². The van der Waals surface area contributed by atoms with Crippen LogP contribution in [-0.2, 0) is 4.79 Å². The van der Waals surface area contributed by atoms with Gasteiger partial charge in [0, 0.05) is 57.6 Å². The van der Waals surface area contributed by atoms with Crippen molar-refractivity contribution < 1.29 is 14.8 Å². The number of benzene rings is 3. The zero-order valence-corrected chi connectivity index (χ0v) is 20.8. The number of Topliss-reactive ketones (excluding diaryl/α,β-unsaturated/α-hetero) is 1. The van der Waals surface area contributed by atoms with Crippen molar-refractivity contribution in [2.75, 3.05) is 4.90 Å². The second-order valence-corrected chi connectivity index (χ2v) is 9.57. The first kappa shape index (κ1) is 24.5. The van der Waals surface area contributed by atoms with Crippen LogP contribution in [0.3, 0.4) is 0 Å². The van der Waals surface area contributed by atoms with Crippen molar-refractivity contribution >= 4 is 40.4 Å². The van der Waals surface area contributed by atoms with E-state index in [1.54, 1.807) is 47.4 Å². The summed E-state index contributed by atoms with van der Waals surface area (Å²) < 4.78 is 0. The van der Waals surface area contributed by atoms with Gasteiger partial charge < -0.3 is 5.11 Å². The first-order valence-electron chi connectivity index (χ1n) is 11.9. The van der Waals surface area contributed by atoms with Crippen molar-refractivity contribution in [1.29, 1.82) is 5.41 Å². The molecule has 3 aromatic carbocycles. The van der Waals surface area contributed by atoms with Gasteiger partial charge in [0.2, 0.25) is 0 Å². The highest BCUT2D eigenvalue weighted by Gasteiger charge is 2.43. The highest BCUT2D eigenvalue weighted by atomic mass is 35.5. The molecule has 1 heterocycles. The predicted molar refractivity (Wildman–Crippen MR) is 144 cm³/mol. The number of halogens is 1. The van der Waals surface area contributed by atoms with E-state index in [2.05, 4.69) is 0 Å². The molecule has 0 saturated heterocycles. The number of carbonyl (C=O) groups excluding carboxylic acids is 1. The second-order valence-electron chi connectivity index (χ2n) is 9.16. The van der Waals surface area contributed by atoms with E-state index in [0.717, 1.165) is 5.56 Å². The van der Waals surface area contributed by atoms with E-state index >= 15 is 0 Å². The molecule has 186 valence electrons. The van der Waals surface area contributed by atoms with E-state index in [1.165, 1.54) is 12.1 Å². The Balaban J connectivity index is 1.81. The van der Waals surface area contributed by atoms with Crippen LogP contribution in [0.15, 0.2) is 89.6 Å². The normalized spacial score (nSPS) is 19.1. The molecule has 8 heteroatoms. The number of rotatable bonds is 4. The van der Waals surface area contributed by atoms with Crippen LogP contribution >= 0.6 is 11.6 Å². The molecule has 37 heavy (non-hydrogen) atoms. The van der Waals surface area contributed by atoms with Gasteiger partial charge >= 0.3 is 0 Å². The number of aliphatic hydroxyl groups is 1. The molecule has 5 rings (SSSR count). The quantitative estimate of drug-likeness (QED) is 0.219. The summed E-state index contributed by atoms with van der Waals surface area (Å²) in [4.78, 5) is 26.0. The first-order valence-corrected chi connectivity index (χ1v) is 12.3. The maximum Gasteiger partial charge on any atom is 0.269 e. The lowest BCUT2D eigenvalue weighted by molar-refractivity contribution is -0.384. The minimum Gasteiger partial charge on any atom is -0.507 e. The highest BCUT2D eigenvalue weighted by molar-refractivity contribution is 6.32. The molecule has 0 radical (unpaired) electrons. The average molecular weight is 514 g/mol. The van der Waals surface area contributed by atoms with Crippen LogP contribution in [0.25, 0.3) is 5.76 Å². The van der Waals surface area contributed by atoms with Gasteiger partial charge in [-0.05, 0) is 43.0 Å². The van der Waals surface area contributed by atoms with Gasteiger partial charge in [0.25, 0.3) is 5.69 Å². The van der Waals surface area contributed by atoms with Crippen molar-refractivity contribution in [1.82, 2.24) is 0 Å². The summed E-state index contributed by atoms with van der Waals surface area (Å²) in [6.45, 7) is 1.89. The third kappa shape index (κ3) is 4.32. The number of hydrogen-bond donors (Lipinski definition) is 2. The third-order valence-electron chi connectivity index (χ3n) is 6.91. The number of carbonyl (C=O) groups is 1. The number of nitro groups is 1. The first-order chi connectivity index (χ1) is 17.8. The summed E-state index contributed by atoms with van der Waals surface area (Å²) in [6.07, 6.45) is 1.55. The van der Waals surface area contributed by atoms with Crippen molar-refractivity contribution in [2.45, 2.75) is 32.1 Å². The van der Waals surface area contributed by atoms with Crippen molar-refractivity contribution in [3.63, 3.8) is 0 Å². The molecule has 3 aromatic rings. The van der Waals surface area contributed by atoms with E-state index in [4.69, 9.17) is 11.6 Å². The molecule has 0 bridgehead atoms. The molecule has 0 aromatic heterocycles. The SMILES string of the molecule is Cc1ccc(N2C(=N)/C(=C(/O)c3ccccc3)[C@@H](c3ccc([N+](=O)[O-])cc3)C3=C2CCCC3=O)cc1Cl. The monoisotopic (exact) mass is 513 g/mol. The van der Waals surface area contributed by atoms with Gasteiger partial charge in [-0.2, -0.15) is 0 Å². The summed E-state index contributed by atoms with van der Waals surface area (Å²) in [5.41, 5.74) is 3.97. The Morgan fingerprint density at radius 2 is 1.78 bits per heavy atom. The number of amidine groups is 1. The molecule has 1 aliphatic carbocycles. The van der Waals surface area contributed by atoms with Crippen LogP contribution in [0.2, 0.25) is 5.02 Å². The average Bonchev–Trinajstić information content (AvgIpc) is 2.90. The summed E-state index contributed by atoms with van der Waals surface area (Å²) in [5.74, 6) is -0.924. The molecule has 0 spiro atoms. The van der Waals surface area contributed by atoms with Crippen molar-refractivity contribution in [2.24, 2.45) is 0 Å². The van der Waals surface area contributed by atoms with E-state index in [0.29, 0.717) is 52.4 Å². The van der Waals surface area contributed by atoms with Gasteiger partial charge in [0.1, 0.15) is 11.6 Å². The van der Waals surface area contributed by atoms with Crippen molar-refractivity contribution in [3.8, 4) is 0 Å². The van der Waals surface area contributed by atoms with E-state index in [9.17, 15) is 25.4 Å². The lowest BCUT2D eigenvalue weighted by atomic mass is 9.73. The summed E-state index contributed by atoms with van der Waals surface area (Å²) in [6, 6.07) is 20.3. The number of nitrogens with zero attached hydrogens (tertiary/aromatic N) is 2. The van der Waals surface area contributed by atoms with E-state index in [1.807, 2.05) is 25.1 Å². The minimum atomic E-state index is -0.756. The molecule has 0 unspecified atom stereocenters. The lowest BCUT2D eigenvalue weighted by Crippen LogP contribution is -2.42. The van der Waals surface area contributed by atoms with Crippen LogP contribution in [0, 0.1) is 22.4 Å². The number of nitro benzene ring substituents is 1. The van der Waals surface area contributed by atoms with Crippen LogP contribution in [-0.4, -0.2) is 21.6 Å². The predicted octanol–water partition coefficient (Wildman–Crippen LogP) is 7.11. The zero-order chi connectivity index (χ0) is 26.3. The molecular weight excluding hydrogens is 490 g/mol. The minimum absolute atomic E-state index is 0.0260. The molecule has 1 atom stereocenters. The number of aryl methyl sites for hydroxylation is 1. The Kier molecular flexibility index (Phi) is 6.39. The van der Waals surface area contributed by atoms with Gasteiger partial charge in [-0.3, -0.25) is 25.2 Å². The Bertz CT molecular complexity index is 1490. The Hall–Kier alpha value is -4.23. The Labute approximate surface area is 219 Å². The van der Waals surface area contributed by atoms with Gasteiger partial charge in [-0.15, -0.1) is 0 Å². The number of nitrogens with one attached hydrogen (secondary N) is 1. The smallest absolute Gasteiger partial charge is 0.269 e. The zero-order valence-electron chi connectivity index (χ0n) is 20.1. The third-order valence-corrected chi connectivity index (χ3v) is 7.32. The van der Waals surface area contributed by atoms with Crippen molar-refractivity contribution in [3.05, 3.63) is 121 Å². The Morgan fingerprint density at radius 3 is 2.43 bits per heavy atom. The maximum absolute atomic E-state index is 13.5. The summed E-state index contributed by atoms with van der Waals surface area (Å²) >= 11 is 6.45. The maximum atomic E-state index is 13.5. The summed E-state index contributed by atoms with van der Waals surface area (Å²) in [5, 5.41) is 32.7. The molecule has 2 aliphatic rings. The highest BCUT2D eigenvalue weighted by Crippen LogP contribution is 2.48. The fourth-order valence-corrected chi connectivity index (χ4v) is 5.25. The van der Waals surface area contributed by atoms with Crippen LogP contribution in [0.1, 0.15) is 41.9 Å². The topological polar surface area (TPSA) is 108 Å². The van der Waals surface area contributed by atoms with Gasteiger partial charge in [0.15, 0.2) is 5.78 Å². The number of aliphatic hydroxyl groups excluding tert-OH is 1. The number of allylic oxidation sites excluding steroid dienone is 2. The lowest BCUT2D eigenvalue weighted by Gasteiger charge is -2.42. The van der Waals surface area contributed by atoms with Crippen LogP contribution < -0.4 is 4.90 Å². The standard InChI is InChI=1S/C29H24ClN3O4/c1-17-10-13-21(16-22(17)30)32-23-8-5-9-24(34)26(23)25(18-11-14-20(15-12-18)33(36)37)27(29(32)31)28(35)19-6-3-2-4-7-19/h2-4,6-7,10-16,25,31,35H,5,8-9H2,1H3/b28-27+,31-29?/t25-/m0/s1. The number of non-ortho nitro benzene ring substituents is 1.